The van der Waals surface area contributed by atoms with Crippen molar-refractivity contribution in [1.29, 1.82) is 0 Å². The first-order chi connectivity index (χ1) is 9.06. The van der Waals surface area contributed by atoms with Crippen LogP contribution >= 0.6 is 0 Å². The Morgan fingerprint density at radius 2 is 2.16 bits per heavy atom. The zero-order chi connectivity index (χ0) is 13.8. The Kier molecular flexibility index (Phi) is 4.58. The largest absolute Gasteiger partial charge is 0.481 e. The van der Waals surface area contributed by atoms with Gasteiger partial charge < -0.3 is 10.4 Å². The van der Waals surface area contributed by atoms with Crippen molar-refractivity contribution in [3.63, 3.8) is 0 Å². The van der Waals surface area contributed by atoms with Crippen LogP contribution in [0.4, 0.5) is 0 Å². The molecule has 1 aliphatic rings. The fraction of sp³-hybridized carbons (Fsp3) is 0.714. The van der Waals surface area contributed by atoms with Crippen molar-refractivity contribution >= 4 is 5.97 Å². The molecule has 1 fully saturated rings. The Morgan fingerprint density at radius 1 is 1.47 bits per heavy atom. The van der Waals surface area contributed by atoms with E-state index < -0.39 is 5.97 Å². The van der Waals surface area contributed by atoms with E-state index in [0.29, 0.717) is 5.92 Å². The molecule has 106 valence electrons. The zero-order valence-electron chi connectivity index (χ0n) is 11.7. The van der Waals surface area contributed by atoms with E-state index in [4.69, 9.17) is 5.11 Å². The topological polar surface area (TPSA) is 67.2 Å². The van der Waals surface area contributed by atoms with Gasteiger partial charge in [-0.1, -0.05) is 0 Å². The molecular weight excluding hydrogens is 242 g/mol. The molecule has 0 atom stereocenters. The molecule has 1 heterocycles. The van der Waals surface area contributed by atoms with Crippen LogP contribution in [0, 0.1) is 18.8 Å². The zero-order valence-corrected chi connectivity index (χ0v) is 11.7. The van der Waals surface area contributed by atoms with Gasteiger partial charge in [0.15, 0.2) is 0 Å². The summed E-state index contributed by atoms with van der Waals surface area (Å²) in [5, 5.41) is 16.7. The van der Waals surface area contributed by atoms with Crippen LogP contribution in [0.5, 0.6) is 0 Å². The second-order valence-corrected chi connectivity index (χ2v) is 5.60. The van der Waals surface area contributed by atoms with Gasteiger partial charge in [-0.2, -0.15) is 5.10 Å². The molecule has 0 unspecified atom stereocenters. The van der Waals surface area contributed by atoms with Gasteiger partial charge in [-0.05, 0) is 45.1 Å². The van der Waals surface area contributed by atoms with E-state index in [0.717, 1.165) is 44.5 Å². The molecule has 1 aromatic heterocycles. The number of hydrogen-bond acceptors (Lipinski definition) is 3. The molecule has 0 radical (unpaired) electrons. The highest BCUT2D eigenvalue weighted by Gasteiger charge is 2.25. The molecule has 0 bridgehead atoms. The molecule has 0 aromatic carbocycles. The summed E-state index contributed by atoms with van der Waals surface area (Å²) < 4.78 is 1.84. The highest BCUT2D eigenvalue weighted by atomic mass is 16.4. The molecule has 0 saturated heterocycles. The minimum absolute atomic E-state index is 0.114. The van der Waals surface area contributed by atoms with Crippen molar-refractivity contribution in [2.75, 3.05) is 6.54 Å². The van der Waals surface area contributed by atoms with Gasteiger partial charge >= 0.3 is 5.97 Å². The van der Waals surface area contributed by atoms with Gasteiger partial charge in [-0.25, -0.2) is 0 Å². The van der Waals surface area contributed by atoms with Crippen molar-refractivity contribution in [2.24, 2.45) is 18.9 Å². The molecule has 2 N–H and O–H groups in total. The van der Waals surface area contributed by atoms with Crippen LogP contribution in [-0.4, -0.2) is 27.4 Å². The van der Waals surface area contributed by atoms with Gasteiger partial charge in [0.25, 0.3) is 0 Å². The van der Waals surface area contributed by atoms with Gasteiger partial charge in [0, 0.05) is 25.4 Å². The third-order valence-corrected chi connectivity index (χ3v) is 4.06. The van der Waals surface area contributed by atoms with Crippen molar-refractivity contribution in [3.05, 3.63) is 17.5 Å². The number of carbonyl (C=O) groups is 1. The van der Waals surface area contributed by atoms with E-state index in [2.05, 4.69) is 10.4 Å². The summed E-state index contributed by atoms with van der Waals surface area (Å²) in [6, 6.07) is 0. The van der Waals surface area contributed by atoms with Crippen molar-refractivity contribution in [1.82, 2.24) is 15.1 Å². The first kappa shape index (κ1) is 14.1. The number of aryl methyl sites for hydroxylation is 2. The quantitative estimate of drug-likeness (QED) is 0.850. The van der Waals surface area contributed by atoms with Gasteiger partial charge in [0.1, 0.15) is 0 Å². The van der Waals surface area contributed by atoms with E-state index in [1.165, 1.54) is 5.56 Å². The van der Waals surface area contributed by atoms with Crippen LogP contribution < -0.4 is 5.32 Å². The van der Waals surface area contributed by atoms with Gasteiger partial charge in [-0.3, -0.25) is 9.48 Å². The summed E-state index contributed by atoms with van der Waals surface area (Å²) in [7, 11) is 1.93. The molecule has 0 amide bonds. The average Bonchev–Trinajstić information content (AvgIpc) is 2.68. The first-order valence-electron chi connectivity index (χ1n) is 6.99. The fourth-order valence-corrected chi connectivity index (χ4v) is 2.85. The van der Waals surface area contributed by atoms with Crippen molar-refractivity contribution < 1.29 is 9.90 Å². The van der Waals surface area contributed by atoms with Gasteiger partial charge in [-0.15, -0.1) is 0 Å². The highest BCUT2D eigenvalue weighted by molar-refractivity contribution is 5.69. The Labute approximate surface area is 114 Å². The minimum atomic E-state index is -0.627. The Balaban J connectivity index is 1.70. The van der Waals surface area contributed by atoms with Crippen LogP contribution in [0.2, 0.25) is 0 Å². The molecular formula is C14H23N3O2. The van der Waals surface area contributed by atoms with E-state index in [1.54, 1.807) is 0 Å². The highest BCUT2D eigenvalue weighted by Crippen LogP contribution is 2.28. The number of carboxylic acid groups (broad SMARTS) is 1. The number of hydrogen-bond donors (Lipinski definition) is 2. The lowest BCUT2D eigenvalue weighted by Gasteiger charge is -2.26. The molecule has 0 aliphatic heterocycles. The van der Waals surface area contributed by atoms with Crippen LogP contribution in [0.15, 0.2) is 6.20 Å². The summed E-state index contributed by atoms with van der Waals surface area (Å²) >= 11 is 0. The maximum atomic E-state index is 10.9. The summed E-state index contributed by atoms with van der Waals surface area (Å²) in [6.45, 7) is 3.84. The summed E-state index contributed by atoms with van der Waals surface area (Å²) in [5.41, 5.74) is 2.31. The molecule has 5 nitrogen and oxygen atoms in total. The molecule has 5 heteroatoms. The summed E-state index contributed by atoms with van der Waals surface area (Å²) in [4.78, 5) is 10.9. The number of nitrogens with zero attached hydrogens (tertiary/aromatic N) is 2. The fourth-order valence-electron chi connectivity index (χ4n) is 2.85. The molecule has 1 saturated carbocycles. The summed E-state index contributed by atoms with van der Waals surface area (Å²) in [5.74, 6) is -0.123. The first-order valence-corrected chi connectivity index (χ1v) is 6.99. The Hall–Kier alpha value is -1.36. The number of aromatic nitrogens is 2. The van der Waals surface area contributed by atoms with Crippen LogP contribution in [0.3, 0.4) is 0 Å². The predicted octanol–water partition coefficient (Wildman–Crippen LogP) is 1.71. The normalized spacial score (nSPS) is 23.5. The molecule has 1 aliphatic carbocycles. The number of carboxylic acids is 1. The summed E-state index contributed by atoms with van der Waals surface area (Å²) in [6.07, 6.45) is 5.75. The minimum Gasteiger partial charge on any atom is -0.481 e. The lowest BCUT2D eigenvalue weighted by molar-refractivity contribution is -0.143. The van der Waals surface area contributed by atoms with Crippen LogP contribution in [-0.2, 0) is 18.4 Å². The second kappa shape index (κ2) is 6.19. The van der Waals surface area contributed by atoms with Crippen molar-refractivity contribution in [3.8, 4) is 0 Å². The Morgan fingerprint density at radius 3 is 2.68 bits per heavy atom. The van der Waals surface area contributed by atoms with Crippen molar-refractivity contribution in [2.45, 2.75) is 39.2 Å². The SMILES string of the molecule is Cc1nn(C)cc1CNCC1CCC(C(=O)O)CC1. The predicted molar refractivity (Wildman–Crippen MR) is 72.7 cm³/mol. The third kappa shape index (κ3) is 3.80. The van der Waals surface area contributed by atoms with Gasteiger partial charge in [0.2, 0.25) is 0 Å². The van der Waals surface area contributed by atoms with E-state index in [1.807, 2.05) is 24.9 Å². The van der Waals surface area contributed by atoms with Crippen LogP contribution in [0.25, 0.3) is 0 Å². The lowest BCUT2D eigenvalue weighted by Crippen LogP contribution is -2.28. The number of aliphatic carboxylic acids is 1. The number of rotatable bonds is 5. The number of nitrogens with one attached hydrogen (secondary N) is 1. The second-order valence-electron chi connectivity index (χ2n) is 5.60. The standard InChI is InChI=1S/C14H23N3O2/c1-10-13(9-17(2)16-10)8-15-7-11-3-5-12(6-4-11)14(18)19/h9,11-12,15H,3-8H2,1-2H3,(H,18,19). The monoisotopic (exact) mass is 265 g/mol. The maximum absolute atomic E-state index is 10.9. The molecule has 1 aromatic rings. The van der Waals surface area contributed by atoms with E-state index in [9.17, 15) is 4.79 Å². The third-order valence-electron chi connectivity index (χ3n) is 4.06. The van der Waals surface area contributed by atoms with Gasteiger partial charge in [0.05, 0.1) is 11.6 Å². The molecule has 2 rings (SSSR count). The Bertz CT molecular complexity index is 434. The average molecular weight is 265 g/mol. The van der Waals surface area contributed by atoms with E-state index >= 15 is 0 Å². The molecule has 19 heavy (non-hydrogen) atoms. The maximum Gasteiger partial charge on any atom is 0.306 e. The lowest BCUT2D eigenvalue weighted by atomic mass is 9.82. The van der Waals surface area contributed by atoms with E-state index in [-0.39, 0.29) is 5.92 Å². The molecule has 0 spiro atoms. The smallest absolute Gasteiger partial charge is 0.306 e. The van der Waals surface area contributed by atoms with Crippen LogP contribution in [0.1, 0.15) is 36.9 Å².